The van der Waals surface area contributed by atoms with E-state index in [0.717, 1.165) is 19.4 Å². The average Bonchev–Trinajstić information content (AvgIpc) is 3.05. The molecule has 1 aromatic rings. The monoisotopic (exact) mass is 342 g/mol. The molecule has 1 saturated heterocycles. The van der Waals surface area contributed by atoms with Crippen LogP contribution in [-0.4, -0.2) is 38.3 Å². The SMILES string of the molecule is CCCOc1ccc(C(=O)NCC2CCCN2)cc1OCC.Cl. The van der Waals surface area contributed by atoms with Crippen LogP contribution in [0.4, 0.5) is 0 Å². The summed E-state index contributed by atoms with van der Waals surface area (Å²) in [6.07, 6.45) is 3.23. The summed E-state index contributed by atoms with van der Waals surface area (Å²) in [5.41, 5.74) is 0.602. The Balaban J connectivity index is 0.00000264. The number of rotatable bonds is 8. The molecule has 1 atom stereocenters. The Morgan fingerprint density at radius 2 is 2.13 bits per heavy atom. The number of hydrogen-bond donors (Lipinski definition) is 2. The molecule has 1 fully saturated rings. The van der Waals surface area contributed by atoms with Gasteiger partial charge < -0.3 is 20.1 Å². The molecule has 1 aliphatic rings. The van der Waals surface area contributed by atoms with Crippen LogP contribution < -0.4 is 20.1 Å². The molecule has 6 heteroatoms. The van der Waals surface area contributed by atoms with E-state index in [9.17, 15) is 4.79 Å². The molecule has 1 heterocycles. The minimum absolute atomic E-state index is 0. The van der Waals surface area contributed by atoms with Gasteiger partial charge in [-0.15, -0.1) is 12.4 Å². The van der Waals surface area contributed by atoms with Crippen molar-refractivity contribution in [2.45, 2.75) is 39.2 Å². The maximum absolute atomic E-state index is 12.2. The zero-order chi connectivity index (χ0) is 15.8. The number of nitrogens with one attached hydrogen (secondary N) is 2. The summed E-state index contributed by atoms with van der Waals surface area (Å²) in [7, 11) is 0. The summed E-state index contributed by atoms with van der Waals surface area (Å²) in [5.74, 6) is 1.25. The highest BCUT2D eigenvalue weighted by molar-refractivity contribution is 5.94. The first-order valence-electron chi connectivity index (χ1n) is 8.15. The normalized spacial score (nSPS) is 16.5. The van der Waals surface area contributed by atoms with Crippen LogP contribution >= 0.6 is 12.4 Å². The van der Waals surface area contributed by atoms with Crippen molar-refractivity contribution < 1.29 is 14.3 Å². The van der Waals surface area contributed by atoms with Gasteiger partial charge in [0.15, 0.2) is 11.5 Å². The van der Waals surface area contributed by atoms with Crippen LogP contribution in [0, 0.1) is 0 Å². The van der Waals surface area contributed by atoms with E-state index in [1.807, 2.05) is 13.0 Å². The van der Waals surface area contributed by atoms with Crippen molar-refractivity contribution in [2.24, 2.45) is 0 Å². The Labute approximate surface area is 144 Å². The molecule has 0 saturated carbocycles. The lowest BCUT2D eigenvalue weighted by molar-refractivity contribution is 0.0949. The molecule has 1 unspecified atom stereocenters. The van der Waals surface area contributed by atoms with Gasteiger partial charge in [0.05, 0.1) is 13.2 Å². The van der Waals surface area contributed by atoms with E-state index in [2.05, 4.69) is 17.6 Å². The van der Waals surface area contributed by atoms with Gasteiger partial charge in [-0.3, -0.25) is 4.79 Å². The molecule has 1 amide bonds. The lowest BCUT2D eigenvalue weighted by Crippen LogP contribution is -2.37. The summed E-state index contributed by atoms with van der Waals surface area (Å²) in [4.78, 5) is 12.2. The highest BCUT2D eigenvalue weighted by atomic mass is 35.5. The molecule has 0 aromatic heterocycles. The molecular formula is C17H27ClN2O3. The number of benzene rings is 1. The fourth-order valence-electron chi connectivity index (χ4n) is 2.50. The van der Waals surface area contributed by atoms with Crippen molar-refractivity contribution in [3.05, 3.63) is 23.8 Å². The summed E-state index contributed by atoms with van der Waals surface area (Å²) in [6.45, 7) is 6.86. The van der Waals surface area contributed by atoms with E-state index in [1.54, 1.807) is 12.1 Å². The lowest BCUT2D eigenvalue weighted by atomic mass is 10.1. The van der Waals surface area contributed by atoms with Crippen molar-refractivity contribution in [3.8, 4) is 11.5 Å². The van der Waals surface area contributed by atoms with E-state index in [0.29, 0.717) is 42.9 Å². The molecule has 0 aliphatic carbocycles. The molecule has 2 N–H and O–H groups in total. The number of hydrogen-bond acceptors (Lipinski definition) is 4. The van der Waals surface area contributed by atoms with Crippen LogP contribution in [0.25, 0.3) is 0 Å². The molecule has 0 radical (unpaired) electrons. The van der Waals surface area contributed by atoms with E-state index in [4.69, 9.17) is 9.47 Å². The maximum atomic E-state index is 12.2. The molecule has 23 heavy (non-hydrogen) atoms. The fraction of sp³-hybridized carbons (Fsp3) is 0.588. The molecule has 5 nitrogen and oxygen atoms in total. The standard InChI is InChI=1S/C17H26N2O3.ClH/c1-3-10-22-15-8-7-13(11-16(15)21-4-2)17(20)19-12-14-6-5-9-18-14;/h7-8,11,14,18H,3-6,9-10,12H2,1-2H3,(H,19,20);1H. The van der Waals surface area contributed by atoms with Crippen molar-refractivity contribution in [1.29, 1.82) is 0 Å². The number of amides is 1. The first-order chi connectivity index (χ1) is 10.7. The molecule has 2 rings (SSSR count). The van der Waals surface area contributed by atoms with Crippen LogP contribution in [0.15, 0.2) is 18.2 Å². The fourth-order valence-corrected chi connectivity index (χ4v) is 2.50. The zero-order valence-electron chi connectivity index (χ0n) is 13.9. The summed E-state index contributed by atoms with van der Waals surface area (Å²) in [6, 6.07) is 5.74. The van der Waals surface area contributed by atoms with Gasteiger partial charge in [-0.1, -0.05) is 6.92 Å². The van der Waals surface area contributed by atoms with Crippen LogP contribution in [0.1, 0.15) is 43.5 Å². The highest BCUT2D eigenvalue weighted by Crippen LogP contribution is 2.28. The van der Waals surface area contributed by atoms with Crippen molar-refractivity contribution in [2.75, 3.05) is 26.3 Å². The molecule has 1 aromatic carbocycles. The van der Waals surface area contributed by atoms with Crippen molar-refractivity contribution in [3.63, 3.8) is 0 Å². The second-order valence-corrected chi connectivity index (χ2v) is 5.45. The maximum Gasteiger partial charge on any atom is 0.251 e. The van der Waals surface area contributed by atoms with Gasteiger partial charge in [0.1, 0.15) is 0 Å². The Hall–Kier alpha value is -1.46. The van der Waals surface area contributed by atoms with Gasteiger partial charge in [0.2, 0.25) is 0 Å². The average molecular weight is 343 g/mol. The number of carbonyl (C=O) groups is 1. The Morgan fingerprint density at radius 3 is 2.78 bits per heavy atom. The smallest absolute Gasteiger partial charge is 0.251 e. The third kappa shape index (κ3) is 5.92. The van der Waals surface area contributed by atoms with Crippen molar-refractivity contribution in [1.82, 2.24) is 10.6 Å². The first kappa shape index (κ1) is 19.6. The molecular weight excluding hydrogens is 316 g/mol. The summed E-state index contributed by atoms with van der Waals surface area (Å²) in [5, 5.41) is 6.34. The summed E-state index contributed by atoms with van der Waals surface area (Å²) >= 11 is 0. The van der Waals surface area contributed by atoms with Gasteiger partial charge in [-0.05, 0) is 50.9 Å². The third-order valence-corrected chi connectivity index (χ3v) is 3.64. The predicted octanol–water partition coefficient (Wildman–Crippen LogP) is 2.78. The number of ether oxygens (including phenoxy) is 2. The predicted molar refractivity (Wildman–Crippen MR) is 94.0 cm³/mol. The van der Waals surface area contributed by atoms with Crippen LogP contribution in [0.3, 0.4) is 0 Å². The van der Waals surface area contributed by atoms with E-state index >= 15 is 0 Å². The Bertz CT molecular complexity index is 491. The van der Waals surface area contributed by atoms with Gasteiger partial charge in [-0.2, -0.15) is 0 Å². The number of carbonyl (C=O) groups excluding carboxylic acids is 1. The molecule has 0 bridgehead atoms. The molecule has 1 aliphatic heterocycles. The zero-order valence-corrected chi connectivity index (χ0v) is 14.7. The first-order valence-corrected chi connectivity index (χ1v) is 8.15. The van der Waals surface area contributed by atoms with E-state index in [-0.39, 0.29) is 18.3 Å². The van der Waals surface area contributed by atoms with E-state index < -0.39 is 0 Å². The molecule has 0 spiro atoms. The molecule has 130 valence electrons. The Kier molecular flexibility index (Phi) is 8.81. The van der Waals surface area contributed by atoms with Gasteiger partial charge in [-0.25, -0.2) is 0 Å². The highest BCUT2D eigenvalue weighted by Gasteiger charge is 2.16. The quantitative estimate of drug-likeness (QED) is 0.762. The van der Waals surface area contributed by atoms with Gasteiger partial charge in [0, 0.05) is 18.2 Å². The lowest BCUT2D eigenvalue weighted by Gasteiger charge is -2.14. The van der Waals surface area contributed by atoms with Gasteiger partial charge in [0.25, 0.3) is 5.91 Å². The van der Waals surface area contributed by atoms with Crippen LogP contribution in [-0.2, 0) is 0 Å². The van der Waals surface area contributed by atoms with Crippen LogP contribution in [0.2, 0.25) is 0 Å². The second kappa shape index (κ2) is 10.3. The third-order valence-electron chi connectivity index (χ3n) is 3.64. The number of halogens is 1. The van der Waals surface area contributed by atoms with Crippen molar-refractivity contribution >= 4 is 18.3 Å². The summed E-state index contributed by atoms with van der Waals surface area (Å²) < 4.78 is 11.2. The minimum Gasteiger partial charge on any atom is -0.490 e. The topological polar surface area (TPSA) is 59.6 Å². The van der Waals surface area contributed by atoms with E-state index in [1.165, 1.54) is 6.42 Å². The second-order valence-electron chi connectivity index (χ2n) is 5.45. The Morgan fingerprint density at radius 1 is 1.30 bits per heavy atom. The largest absolute Gasteiger partial charge is 0.490 e. The van der Waals surface area contributed by atoms with Crippen LogP contribution in [0.5, 0.6) is 11.5 Å². The van der Waals surface area contributed by atoms with Gasteiger partial charge >= 0.3 is 0 Å². The minimum atomic E-state index is -0.0725.